The molecule has 2 fully saturated rings. The van der Waals surface area contributed by atoms with Crippen LogP contribution in [0, 0.1) is 5.41 Å². The minimum Gasteiger partial charge on any atom is -0.462 e. The van der Waals surface area contributed by atoms with Crippen molar-refractivity contribution in [1.29, 1.82) is 0 Å². The molecule has 132 valence electrons. The lowest BCUT2D eigenvalue weighted by molar-refractivity contribution is -0.156. The van der Waals surface area contributed by atoms with Crippen molar-refractivity contribution in [2.24, 2.45) is 5.41 Å². The SMILES string of the molecule is CC1OC(=O)CCCC(=O)CCCCCCC2OC2(C)C1(C)C. The third-order valence-electron chi connectivity index (χ3n) is 6.06. The summed E-state index contributed by atoms with van der Waals surface area (Å²) < 4.78 is 11.7. The summed E-state index contributed by atoms with van der Waals surface area (Å²) >= 11 is 0. The molecule has 2 aliphatic rings. The van der Waals surface area contributed by atoms with Crippen molar-refractivity contribution in [2.75, 3.05) is 0 Å². The Morgan fingerprint density at radius 1 is 0.913 bits per heavy atom. The average molecular weight is 324 g/mol. The average Bonchev–Trinajstić information content (AvgIpc) is 3.14. The largest absolute Gasteiger partial charge is 0.462 e. The number of epoxide rings is 1. The number of carbonyl (C=O) groups is 2. The highest BCUT2D eigenvalue weighted by Crippen LogP contribution is 2.54. The number of Topliss-reactive ketones (excluding diaryl/α,β-unsaturated/α-hetero) is 1. The molecule has 2 aliphatic heterocycles. The van der Waals surface area contributed by atoms with E-state index in [1.54, 1.807) is 0 Å². The number of cyclic esters (lactones) is 1. The van der Waals surface area contributed by atoms with Gasteiger partial charge >= 0.3 is 5.97 Å². The predicted molar refractivity (Wildman–Crippen MR) is 89.2 cm³/mol. The smallest absolute Gasteiger partial charge is 0.306 e. The van der Waals surface area contributed by atoms with Gasteiger partial charge in [0.1, 0.15) is 17.5 Å². The first-order valence-corrected chi connectivity index (χ1v) is 9.16. The number of ether oxygens (including phenoxy) is 2. The summed E-state index contributed by atoms with van der Waals surface area (Å²) in [7, 11) is 0. The van der Waals surface area contributed by atoms with Gasteiger partial charge in [-0.25, -0.2) is 0 Å². The second-order valence-electron chi connectivity index (χ2n) is 7.91. The molecule has 0 N–H and O–H groups in total. The lowest BCUT2D eigenvalue weighted by Gasteiger charge is -2.35. The number of ketones is 1. The summed E-state index contributed by atoms with van der Waals surface area (Å²) in [5.41, 5.74) is -0.431. The molecule has 4 heteroatoms. The third-order valence-corrected chi connectivity index (χ3v) is 6.06. The quantitative estimate of drug-likeness (QED) is 0.495. The number of hydrogen-bond donors (Lipinski definition) is 0. The first-order valence-electron chi connectivity index (χ1n) is 9.16. The minimum atomic E-state index is -0.222. The van der Waals surface area contributed by atoms with Gasteiger partial charge in [-0.2, -0.15) is 0 Å². The van der Waals surface area contributed by atoms with Gasteiger partial charge in [0.2, 0.25) is 0 Å². The Kier molecular flexibility index (Phi) is 5.88. The molecule has 3 unspecified atom stereocenters. The molecule has 0 saturated carbocycles. The molecular formula is C19H32O4. The van der Waals surface area contributed by atoms with Crippen LogP contribution in [0.2, 0.25) is 0 Å². The summed E-state index contributed by atoms with van der Waals surface area (Å²) in [6.07, 6.45) is 7.55. The maximum Gasteiger partial charge on any atom is 0.306 e. The first-order chi connectivity index (χ1) is 10.8. The molecule has 0 spiro atoms. The van der Waals surface area contributed by atoms with Gasteiger partial charge in [0.15, 0.2) is 0 Å². The summed E-state index contributed by atoms with van der Waals surface area (Å²) in [4.78, 5) is 23.8. The molecule has 2 saturated heterocycles. The Bertz CT molecular complexity index is 443. The summed E-state index contributed by atoms with van der Waals surface area (Å²) in [6, 6.07) is 0. The van der Waals surface area contributed by atoms with Gasteiger partial charge < -0.3 is 9.47 Å². The van der Waals surface area contributed by atoms with E-state index >= 15 is 0 Å². The van der Waals surface area contributed by atoms with Crippen molar-refractivity contribution in [3.05, 3.63) is 0 Å². The van der Waals surface area contributed by atoms with Gasteiger partial charge in [0.05, 0.1) is 6.10 Å². The van der Waals surface area contributed by atoms with Gasteiger partial charge in [0.25, 0.3) is 0 Å². The lowest BCUT2D eigenvalue weighted by atomic mass is 9.73. The predicted octanol–water partition coefficient (Wildman–Crippen LogP) is 4.20. The van der Waals surface area contributed by atoms with Crippen LogP contribution in [0.15, 0.2) is 0 Å². The van der Waals surface area contributed by atoms with Gasteiger partial charge in [-0.15, -0.1) is 0 Å². The van der Waals surface area contributed by atoms with E-state index in [9.17, 15) is 9.59 Å². The van der Waals surface area contributed by atoms with E-state index in [-0.39, 0.29) is 35.0 Å². The Hall–Kier alpha value is -0.900. The van der Waals surface area contributed by atoms with Crippen molar-refractivity contribution >= 4 is 11.8 Å². The van der Waals surface area contributed by atoms with Crippen LogP contribution < -0.4 is 0 Å². The summed E-state index contributed by atoms with van der Waals surface area (Å²) in [6.45, 7) is 8.34. The van der Waals surface area contributed by atoms with Crippen molar-refractivity contribution in [1.82, 2.24) is 0 Å². The van der Waals surface area contributed by atoms with Gasteiger partial charge in [-0.1, -0.05) is 33.1 Å². The fourth-order valence-electron chi connectivity index (χ4n) is 3.53. The zero-order chi connectivity index (χ0) is 17.1. The second kappa shape index (κ2) is 7.33. The maximum atomic E-state index is 12.0. The van der Waals surface area contributed by atoms with E-state index in [2.05, 4.69) is 20.8 Å². The number of esters is 1. The van der Waals surface area contributed by atoms with Crippen molar-refractivity contribution in [2.45, 2.75) is 103 Å². The van der Waals surface area contributed by atoms with Crippen molar-refractivity contribution in [3.8, 4) is 0 Å². The molecule has 4 nitrogen and oxygen atoms in total. The Morgan fingerprint density at radius 2 is 1.57 bits per heavy atom. The van der Waals surface area contributed by atoms with Crippen molar-refractivity contribution < 1.29 is 19.1 Å². The van der Waals surface area contributed by atoms with Gasteiger partial charge in [-0.05, 0) is 33.1 Å². The highest BCUT2D eigenvalue weighted by Gasteiger charge is 2.63. The normalized spacial score (nSPS) is 36.9. The van der Waals surface area contributed by atoms with Crippen LogP contribution in [-0.4, -0.2) is 29.6 Å². The molecule has 0 amide bonds. The highest BCUT2D eigenvalue weighted by molar-refractivity contribution is 5.79. The fraction of sp³-hybridized carbons (Fsp3) is 0.895. The zero-order valence-electron chi connectivity index (χ0n) is 15.2. The topological polar surface area (TPSA) is 55.9 Å². The van der Waals surface area contributed by atoms with E-state index in [1.165, 1.54) is 0 Å². The van der Waals surface area contributed by atoms with Crippen LogP contribution in [-0.2, 0) is 19.1 Å². The van der Waals surface area contributed by atoms with Crippen molar-refractivity contribution in [3.63, 3.8) is 0 Å². The van der Waals surface area contributed by atoms with E-state index in [0.29, 0.717) is 25.7 Å². The molecule has 2 heterocycles. The molecule has 0 aromatic rings. The molecule has 0 aromatic carbocycles. The van der Waals surface area contributed by atoms with E-state index in [4.69, 9.17) is 9.47 Å². The summed E-state index contributed by atoms with van der Waals surface area (Å²) in [5.74, 6) is 0.0719. The number of rotatable bonds is 0. The Morgan fingerprint density at radius 3 is 2.30 bits per heavy atom. The molecular weight excluding hydrogens is 292 g/mol. The van der Waals surface area contributed by atoms with Crippen LogP contribution >= 0.6 is 0 Å². The molecule has 23 heavy (non-hydrogen) atoms. The van der Waals surface area contributed by atoms with E-state index in [0.717, 1.165) is 32.1 Å². The molecule has 0 aliphatic carbocycles. The van der Waals surface area contributed by atoms with E-state index < -0.39 is 0 Å². The monoisotopic (exact) mass is 324 g/mol. The second-order valence-corrected chi connectivity index (χ2v) is 7.91. The molecule has 3 atom stereocenters. The first kappa shape index (κ1) is 18.4. The minimum absolute atomic E-state index is 0.200. The maximum absolute atomic E-state index is 12.0. The molecule has 0 bridgehead atoms. The zero-order valence-corrected chi connectivity index (χ0v) is 15.2. The van der Waals surface area contributed by atoms with Crippen LogP contribution in [0.1, 0.15) is 85.5 Å². The highest BCUT2D eigenvalue weighted by atomic mass is 16.6. The number of fused-ring (bicyclic) bond motifs is 1. The molecule has 2 rings (SSSR count). The van der Waals surface area contributed by atoms with E-state index in [1.807, 2.05) is 6.92 Å². The molecule has 0 radical (unpaired) electrons. The lowest BCUT2D eigenvalue weighted by Crippen LogP contribution is -2.43. The number of hydrogen-bond acceptors (Lipinski definition) is 4. The van der Waals surface area contributed by atoms with Crippen LogP contribution in [0.3, 0.4) is 0 Å². The molecule has 0 aromatic heterocycles. The standard InChI is InChI=1S/C19H32O4/c1-14-18(2,3)19(4)16(23-19)12-8-6-5-7-10-15(20)11-9-13-17(21)22-14/h14,16H,5-13H2,1-4H3. The van der Waals surface area contributed by atoms with Gasteiger partial charge in [-0.3, -0.25) is 9.59 Å². The Balaban J connectivity index is 1.99. The van der Waals surface area contributed by atoms with Crippen LogP contribution in [0.4, 0.5) is 0 Å². The van der Waals surface area contributed by atoms with Crippen LogP contribution in [0.5, 0.6) is 0 Å². The van der Waals surface area contributed by atoms with Crippen LogP contribution in [0.25, 0.3) is 0 Å². The fourth-order valence-corrected chi connectivity index (χ4v) is 3.53. The summed E-state index contributed by atoms with van der Waals surface area (Å²) in [5, 5.41) is 0. The van der Waals surface area contributed by atoms with Gasteiger partial charge in [0, 0.05) is 24.7 Å². The third kappa shape index (κ3) is 4.34. The number of carbonyl (C=O) groups excluding carboxylic acids is 2. The Labute approximate surface area is 140 Å².